The van der Waals surface area contributed by atoms with Crippen LogP contribution in [-0.4, -0.2) is 22.6 Å². The molecule has 2 aromatic rings. The zero-order chi connectivity index (χ0) is 17.7. The first-order valence-corrected chi connectivity index (χ1v) is 9.27. The van der Waals surface area contributed by atoms with Crippen LogP contribution in [0.1, 0.15) is 24.9 Å². The molecule has 1 N–H and O–H groups in total. The predicted molar refractivity (Wildman–Crippen MR) is 94.4 cm³/mol. The van der Waals surface area contributed by atoms with Crippen LogP contribution in [0.15, 0.2) is 47.4 Å². The first kappa shape index (κ1) is 18.6. The van der Waals surface area contributed by atoms with Crippen LogP contribution in [0, 0.1) is 0 Å². The highest BCUT2D eigenvalue weighted by Gasteiger charge is 2.24. The van der Waals surface area contributed by atoms with E-state index in [4.69, 9.17) is 21.1 Å². The van der Waals surface area contributed by atoms with E-state index in [2.05, 4.69) is 4.72 Å². The smallest absolute Gasteiger partial charge is 0.244 e. The molecule has 0 saturated heterocycles. The minimum absolute atomic E-state index is 0.0678. The molecule has 0 spiro atoms. The fourth-order valence-corrected chi connectivity index (χ4v) is 3.91. The number of hydrogen-bond donors (Lipinski definition) is 1. The summed E-state index contributed by atoms with van der Waals surface area (Å²) < 4.78 is 38.5. The van der Waals surface area contributed by atoms with E-state index in [1.54, 1.807) is 18.2 Å². The molecule has 0 aliphatic heterocycles. The van der Waals surface area contributed by atoms with Gasteiger partial charge in [-0.15, -0.1) is 0 Å². The van der Waals surface area contributed by atoms with Crippen LogP contribution in [0.3, 0.4) is 0 Å². The molecule has 1 atom stereocenters. The van der Waals surface area contributed by atoms with Crippen molar-refractivity contribution in [1.82, 2.24) is 4.72 Å². The van der Waals surface area contributed by atoms with Crippen molar-refractivity contribution in [2.45, 2.75) is 24.3 Å². The summed E-state index contributed by atoms with van der Waals surface area (Å²) in [5, 5.41) is 0.605. The van der Waals surface area contributed by atoms with E-state index in [1.165, 1.54) is 26.4 Å². The maximum Gasteiger partial charge on any atom is 0.244 e. The van der Waals surface area contributed by atoms with E-state index in [-0.39, 0.29) is 16.7 Å². The van der Waals surface area contributed by atoms with Gasteiger partial charge < -0.3 is 9.47 Å². The van der Waals surface area contributed by atoms with E-state index in [0.717, 1.165) is 5.56 Å². The Morgan fingerprint density at radius 1 is 1.08 bits per heavy atom. The fraction of sp³-hybridized carbons (Fsp3) is 0.294. The molecule has 0 radical (unpaired) electrons. The van der Waals surface area contributed by atoms with Crippen molar-refractivity contribution in [3.8, 4) is 11.5 Å². The lowest BCUT2D eigenvalue weighted by molar-refractivity contribution is 0.385. The molecule has 0 aliphatic carbocycles. The number of ether oxygens (including phenoxy) is 2. The summed E-state index contributed by atoms with van der Waals surface area (Å²) in [6.45, 7) is 1.91. The summed E-state index contributed by atoms with van der Waals surface area (Å²) in [4.78, 5) is 0.0678. The molecule has 130 valence electrons. The highest BCUT2D eigenvalue weighted by molar-refractivity contribution is 7.89. The molecule has 0 heterocycles. The zero-order valence-corrected chi connectivity index (χ0v) is 15.3. The lowest BCUT2D eigenvalue weighted by Gasteiger charge is -2.19. The number of rotatable bonds is 7. The lowest BCUT2D eigenvalue weighted by Crippen LogP contribution is -2.28. The maximum atomic E-state index is 12.8. The molecule has 5 nitrogen and oxygen atoms in total. The molecule has 0 amide bonds. The number of benzene rings is 2. The third kappa shape index (κ3) is 4.20. The maximum absolute atomic E-state index is 12.8. The van der Waals surface area contributed by atoms with Gasteiger partial charge in [-0.2, -0.15) is 0 Å². The predicted octanol–water partition coefficient (Wildman–Crippen LogP) is 3.79. The van der Waals surface area contributed by atoms with Gasteiger partial charge in [0.05, 0.1) is 14.2 Å². The zero-order valence-electron chi connectivity index (χ0n) is 13.7. The normalized spacial score (nSPS) is 12.7. The van der Waals surface area contributed by atoms with Crippen molar-refractivity contribution >= 4 is 21.6 Å². The molecule has 2 rings (SSSR count). The molecule has 7 heteroatoms. The van der Waals surface area contributed by atoms with Crippen LogP contribution >= 0.6 is 11.6 Å². The first-order valence-electron chi connectivity index (χ1n) is 7.41. The highest BCUT2D eigenvalue weighted by Crippen LogP contribution is 2.30. The summed E-state index contributed by atoms with van der Waals surface area (Å²) >= 11 is 5.89. The Labute approximate surface area is 147 Å². The third-order valence-electron chi connectivity index (χ3n) is 3.64. The van der Waals surface area contributed by atoms with Gasteiger partial charge in [0.1, 0.15) is 16.4 Å². The number of nitrogens with one attached hydrogen (secondary N) is 1. The second kappa shape index (κ2) is 7.88. The molecular formula is C17H20ClNO4S. The van der Waals surface area contributed by atoms with Gasteiger partial charge in [0.15, 0.2) is 0 Å². The minimum Gasteiger partial charge on any atom is -0.497 e. The Hall–Kier alpha value is -1.76. The van der Waals surface area contributed by atoms with E-state index in [1.807, 2.05) is 19.1 Å². The van der Waals surface area contributed by atoms with Crippen molar-refractivity contribution in [3.63, 3.8) is 0 Å². The molecule has 1 unspecified atom stereocenters. The van der Waals surface area contributed by atoms with Crippen LogP contribution in [0.5, 0.6) is 11.5 Å². The lowest BCUT2D eigenvalue weighted by atomic mass is 10.1. The molecular weight excluding hydrogens is 350 g/mol. The van der Waals surface area contributed by atoms with Gasteiger partial charge in [-0.25, -0.2) is 13.1 Å². The number of sulfonamides is 1. The van der Waals surface area contributed by atoms with Crippen LogP contribution in [0.4, 0.5) is 0 Å². The average Bonchev–Trinajstić information content (AvgIpc) is 2.59. The number of methoxy groups -OCH3 is 2. The second-order valence-corrected chi connectivity index (χ2v) is 7.27. The summed E-state index contributed by atoms with van der Waals surface area (Å²) in [7, 11) is -0.831. The van der Waals surface area contributed by atoms with Gasteiger partial charge >= 0.3 is 0 Å². The Balaban J connectivity index is 2.34. The van der Waals surface area contributed by atoms with E-state index in [0.29, 0.717) is 17.2 Å². The number of hydrogen-bond acceptors (Lipinski definition) is 4. The Morgan fingerprint density at radius 3 is 2.29 bits per heavy atom. The van der Waals surface area contributed by atoms with Gasteiger partial charge in [-0.3, -0.25) is 0 Å². The van der Waals surface area contributed by atoms with Gasteiger partial charge in [-0.1, -0.05) is 30.7 Å². The monoisotopic (exact) mass is 369 g/mol. The molecule has 0 bridgehead atoms. The van der Waals surface area contributed by atoms with Crippen LogP contribution in [0.25, 0.3) is 0 Å². The number of halogens is 1. The standard InChI is InChI=1S/C17H20ClNO4S/c1-4-15(12-5-7-13(18)8-6-12)19-24(20,21)17-10-9-14(22-2)11-16(17)23-3/h5-11,15,19H,4H2,1-3H3. The van der Waals surface area contributed by atoms with Gasteiger partial charge in [0, 0.05) is 17.1 Å². The largest absolute Gasteiger partial charge is 0.497 e. The van der Waals surface area contributed by atoms with Crippen molar-refractivity contribution in [1.29, 1.82) is 0 Å². The van der Waals surface area contributed by atoms with E-state index < -0.39 is 10.0 Å². The average molecular weight is 370 g/mol. The summed E-state index contributed by atoms with van der Waals surface area (Å²) in [5.41, 5.74) is 0.845. The Bertz CT molecular complexity index is 791. The second-order valence-electron chi connectivity index (χ2n) is 5.15. The fourth-order valence-electron chi connectivity index (χ4n) is 2.33. The topological polar surface area (TPSA) is 64.6 Å². The van der Waals surface area contributed by atoms with Crippen LogP contribution < -0.4 is 14.2 Å². The molecule has 0 fully saturated rings. The first-order chi connectivity index (χ1) is 11.4. The Kier molecular flexibility index (Phi) is 6.10. The summed E-state index contributed by atoms with van der Waals surface area (Å²) in [6, 6.07) is 11.3. The van der Waals surface area contributed by atoms with Crippen molar-refractivity contribution in [3.05, 3.63) is 53.1 Å². The molecule has 0 saturated carbocycles. The molecule has 0 aliphatic rings. The van der Waals surface area contributed by atoms with E-state index >= 15 is 0 Å². The van der Waals surface area contributed by atoms with Gasteiger partial charge in [-0.05, 0) is 36.2 Å². The highest BCUT2D eigenvalue weighted by atomic mass is 35.5. The van der Waals surface area contributed by atoms with Crippen LogP contribution in [-0.2, 0) is 10.0 Å². The Morgan fingerprint density at radius 2 is 1.75 bits per heavy atom. The third-order valence-corrected chi connectivity index (χ3v) is 5.40. The molecule has 24 heavy (non-hydrogen) atoms. The SMILES string of the molecule is CCC(NS(=O)(=O)c1ccc(OC)cc1OC)c1ccc(Cl)cc1. The van der Waals surface area contributed by atoms with Gasteiger partial charge in [0.2, 0.25) is 10.0 Å². The summed E-state index contributed by atoms with van der Waals surface area (Å²) in [5.74, 6) is 0.753. The minimum atomic E-state index is -3.76. The van der Waals surface area contributed by atoms with Crippen molar-refractivity contribution in [2.75, 3.05) is 14.2 Å². The quantitative estimate of drug-likeness (QED) is 0.806. The molecule has 0 aromatic heterocycles. The van der Waals surface area contributed by atoms with Crippen LogP contribution in [0.2, 0.25) is 5.02 Å². The van der Waals surface area contributed by atoms with Crippen molar-refractivity contribution in [2.24, 2.45) is 0 Å². The van der Waals surface area contributed by atoms with E-state index in [9.17, 15) is 8.42 Å². The van der Waals surface area contributed by atoms with Gasteiger partial charge in [0.25, 0.3) is 0 Å². The summed E-state index contributed by atoms with van der Waals surface area (Å²) in [6.07, 6.45) is 0.597. The van der Waals surface area contributed by atoms with Crippen molar-refractivity contribution < 1.29 is 17.9 Å². The molecule has 2 aromatic carbocycles.